The van der Waals surface area contributed by atoms with Crippen molar-refractivity contribution in [3.05, 3.63) is 24.3 Å². The Hall–Kier alpha value is -1.59. The van der Waals surface area contributed by atoms with Crippen molar-refractivity contribution >= 4 is 17.0 Å². The Balaban J connectivity index is 2.15. The molecule has 0 saturated heterocycles. The summed E-state index contributed by atoms with van der Waals surface area (Å²) >= 11 is 0. The molecule has 0 atom stereocenters. The lowest BCUT2D eigenvalue weighted by Crippen LogP contribution is -2.22. The molecule has 0 bridgehead atoms. The van der Waals surface area contributed by atoms with Gasteiger partial charge in [0.05, 0.1) is 17.6 Å². The van der Waals surface area contributed by atoms with E-state index in [-0.39, 0.29) is 0 Å². The molecule has 0 saturated carbocycles. The fraction of sp³-hybridized carbons (Fsp3) is 0.533. The fourth-order valence-corrected chi connectivity index (χ4v) is 2.13. The number of fused-ring (bicyclic) bond motifs is 1. The van der Waals surface area contributed by atoms with E-state index in [1.165, 1.54) is 0 Å². The van der Waals surface area contributed by atoms with Gasteiger partial charge < -0.3 is 19.5 Å². The largest absolute Gasteiger partial charge is 0.380 e. The summed E-state index contributed by atoms with van der Waals surface area (Å²) in [4.78, 5) is 6.82. The van der Waals surface area contributed by atoms with E-state index in [0.717, 1.165) is 43.2 Å². The van der Waals surface area contributed by atoms with Crippen molar-refractivity contribution < 1.29 is 4.74 Å². The number of hydrogen-bond donors (Lipinski definition) is 1. The van der Waals surface area contributed by atoms with Crippen LogP contribution in [0, 0.1) is 0 Å². The smallest absolute Gasteiger partial charge is 0.204 e. The molecule has 0 aliphatic carbocycles. The first kappa shape index (κ1) is 14.8. The van der Waals surface area contributed by atoms with Crippen LogP contribution in [0.4, 0.5) is 5.95 Å². The molecule has 0 fully saturated rings. The number of benzene rings is 1. The van der Waals surface area contributed by atoms with E-state index in [2.05, 4.69) is 39.9 Å². The van der Waals surface area contributed by atoms with Gasteiger partial charge in [0.2, 0.25) is 5.95 Å². The lowest BCUT2D eigenvalue weighted by molar-refractivity contribution is 0.140. The van der Waals surface area contributed by atoms with Gasteiger partial charge in [-0.2, -0.15) is 0 Å². The number of nitrogens with one attached hydrogen (secondary N) is 1. The van der Waals surface area contributed by atoms with Gasteiger partial charge in [0.1, 0.15) is 0 Å². The van der Waals surface area contributed by atoms with E-state index >= 15 is 0 Å². The van der Waals surface area contributed by atoms with E-state index in [9.17, 15) is 0 Å². The van der Waals surface area contributed by atoms with Crippen LogP contribution in [0.2, 0.25) is 0 Å². The van der Waals surface area contributed by atoms with Crippen LogP contribution in [0.5, 0.6) is 0 Å². The molecule has 5 nitrogen and oxygen atoms in total. The van der Waals surface area contributed by atoms with Gasteiger partial charge in [0, 0.05) is 26.2 Å². The van der Waals surface area contributed by atoms with Crippen LogP contribution in [0.15, 0.2) is 24.3 Å². The zero-order valence-electron chi connectivity index (χ0n) is 12.6. The van der Waals surface area contributed by atoms with Crippen molar-refractivity contribution in [3.63, 3.8) is 0 Å². The molecule has 0 radical (unpaired) electrons. The van der Waals surface area contributed by atoms with Gasteiger partial charge in [-0.05, 0) is 33.2 Å². The van der Waals surface area contributed by atoms with Crippen molar-refractivity contribution in [2.24, 2.45) is 0 Å². The number of rotatable bonds is 8. The fourth-order valence-electron chi connectivity index (χ4n) is 2.13. The molecule has 110 valence electrons. The van der Waals surface area contributed by atoms with Crippen molar-refractivity contribution in [2.45, 2.75) is 13.5 Å². The Labute approximate surface area is 120 Å². The molecule has 0 aliphatic heterocycles. The standard InChI is InChI=1S/C15H24N4O/c1-4-20-12-11-19-14-8-6-5-7-13(14)17-15(19)16-9-10-18(2)3/h5-8H,4,9-12H2,1-3H3,(H,16,17). The molecular formula is C15H24N4O. The normalized spacial score (nSPS) is 11.4. The average Bonchev–Trinajstić information content (AvgIpc) is 2.77. The zero-order valence-corrected chi connectivity index (χ0v) is 12.6. The molecule has 0 amide bonds. The van der Waals surface area contributed by atoms with Gasteiger partial charge in [-0.3, -0.25) is 0 Å². The van der Waals surface area contributed by atoms with Crippen LogP contribution in [0.25, 0.3) is 11.0 Å². The van der Waals surface area contributed by atoms with Crippen LogP contribution in [-0.4, -0.2) is 54.8 Å². The third-order valence-electron chi connectivity index (χ3n) is 3.16. The molecule has 1 aromatic carbocycles. The van der Waals surface area contributed by atoms with E-state index in [4.69, 9.17) is 4.74 Å². The minimum absolute atomic E-state index is 0.708. The summed E-state index contributed by atoms with van der Waals surface area (Å²) in [6.45, 7) is 6.15. The molecule has 1 N–H and O–H groups in total. The summed E-state index contributed by atoms with van der Waals surface area (Å²) in [5.74, 6) is 0.924. The second-order valence-electron chi connectivity index (χ2n) is 5.00. The van der Waals surface area contributed by atoms with Crippen LogP contribution in [0.3, 0.4) is 0 Å². The van der Waals surface area contributed by atoms with Crippen molar-refractivity contribution in [1.82, 2.24) is 14.5 Å². The SMILES string of the molecule is CCOCCn1c(NCCN(C)C)nc2ccccc21. The number of nitrogens with zero attached hydrogens (tertiary/aromatic N) is 3. The highest BCUT2D eigenvalue weighted by molar-refractivity contribution is 5.78. The molecule has 0 unspecified atom stereocenters. The second-order valence-corrected chi connectivity index (χ2v) is 5.00. The molecule has 1 heterocycles. The monoisotopic (exact) mass is 276 g/mol. The summed E-state index contributed by atoms with van der Waals surface area (Å²) < 4.78 is 7.66. The Morgan fingerprint density at radius 2 is 2.10 bits per heavy atom. The predicted molar refractivity (Wildman–Crippen MR) is 83.3 cm³/mol. The Kier molecular flexibility index (Phi) is 5.38. The predicted octanol–water partition coefficient (Wildman–Crippen LogP) is 2.05. The number of para-hydroxylation sites is 2. The summed E-state index contributed by atoms with van der Waals surface area (Å²) in [5.41, 5.74) is 2.18. The highest BCUT2D eigenvalue weighted by Gasteiger charge is 2.09. The first-order valence-corrected chi connectivity index (χ1v) is 7.14. The minimum Gasteiger partial charge on any atom is -0.380 e. The maximum Gasteiger partial charge on any atom is 0.204 e. The lowest BCUT2D eigenvalue weighted by Gasteiger charge is -2.13. The molecule has 2 rings (SSSR count). The Bertz CT molecular complexity index is 536. The molecule has 0 aliphatic rings. The molecule has 20 heavy (non-hydrogen) atoms. The topological polar surface area (TPSA) is 42.3 Å². The van der Waals surface area contributed by atoms with Gasteiger partial charge in [-0.25, -0.2) is 4.98 Å². The molecule has 1 aromatic heterocycles. The third-order valence-corrected chi connectivity index (χ3v) is 3.16. The summed E-state index contributed by atoms with van der Waals surface area (Å²) in [6.07, 6.45) is 0. The van der Waals surface area contributed by atoms with Gasteiger partial charge >= 0.3 is 0 Å². The molecule has 2 aromatic rings. The lowest BCUT2D eigenvalue weighted by atomic mass is 10.3. The summed E-state index contributed by atoms with van der Waals surface area (Å²) in [7, 11) is 4.14. The van der Waals surface area contributed by atoms with E-state index < -0.39 is 0 Å². The van der Waals surface area contributed by atoms with Crippen molar-refractivity contribution in [2.75, 3.05) is 45.7 Å². The number of anilines is 1. The van der Waals surface area contributed by atoms with Crippen LogP contribution >= 0.6 is 0 Å². The Morgan fingerprint density at radius 1 is 1.30 bits per heavy atom. The van der Waals surface area contributed by atoms with Gasteiger partial charge in [0.15, 0.2) is 0 Å². The second kappa shape index (κ2) is 7.26. The highest BCUT2D eigenvalue weighted by Crippen LogP contribution is 2.19. The van der Waals surface area contributed by atoms with Crippen LogP contribution in [-0.2, 0) is 11.3 Å². The maximum absolute atomic E-state index is 5.47. The first-order chi connectivity index (χ1) is 9.72. The zero-order chi connectivity index (χ0) is 14.4. The van der Waals surface area contributed by atoms with Crippen molar-refractivity contribution in [3.8, 4) is 0 Å². The van der Waals surface area contributed by atoms with Crippen LogP contribution < -0.4 is 5.32 Å². The molecule has 5 heteroatoms. The number of ether oxygens (including phenoxy) is 1. The quantitative estimate of drug-likeness (QED) is 0.749. The molecule has 0 spiro atoms. The number of likely N-dealkylation sites (N-methyl/N-ethyl adjacent to an activating group) is 1. The van der Waals surface area contributed by atoms with Gasteiger partial charge in [0.25, 0.3) is 0 Å². The van der Waals surface area contributed by atoms with E-state index in [1.807, 2.05) is 25.1 Å². The summed E-state index contributed by atoms with van der Waals surface area (Å²) in [5, 5.41) is 3.42. The Morgan fingerprint density at radius 3 is 2.85 bits per heavy atom. The number of aromatic nitrogens is 2. The number of imidazole rings is 1. The minimum atomic E-state index is 0.708. The van der Waals surface area contributed by atoms with Gasteiger partial charge in [-0.1, -0.05) is 12.1 Å². The summed E-state index contributed by atoms with van der Waals surface area (Å²) in [6, 6.07) is 8.21. The van der Waals surface area contributed by atoms with E-state index in [1.54, 1.807) is 0 Å². The highest BCUT2D eigenvalue weighted by atomic mass is 16.5. The number of hydrogen-bond acceptors (Lipinski definition) is 4. The van der Waals surface area contributed by atoms with Crippen LogP contribution in [0.1, 0.15) is 6.92 Å². The average molecular weight is 276 g/mol. The maximum atomic E-state index is 5.47. The molecular weight excluding hydrogens is 252 g/mol. The van der Waals surface area contributed by atoms with Gasteiger partial charge in [-0.15, -0.1) is 0 Å². The first-order valence-electron chi connectivity index (χ1n) is 7.14. The third kappa shape index (κ3) is 3.71. The van der Waals surface area contributed by atoms with E-state index in [0.29, 0.717) is 6.61 Å². The van der Waals surface area contributed by atoms with Crippen molar-refractivity contribution in [1.29, 1.82) is 0 Å².